The number of esters is 1. The molecule has 122 valence electrons. The summed E-state index contributed by atoms with van der Waals surface area (Å²) in [5, 5.41) is 0. The fraction of sp³-hybridized carbons (Fsp3) is 0.353. The average molecular weight is 316 g/mol. The van der Waals surface area contributed by atoms with Crippen LogP contribution in [0.15, 0.2) is 41.0 Å². The van der Waals surface area contributed by atoms with Crippen LogP contribution in [0, 0.1) is 0 Å². The van der Waals surface area contributed by atoms with E-state index in [4.69, 9.17) is 4.42 Å². The van der Waals surface area contributed by atoms with Crippen LogP contribution in [0.25, 0.3) is 11.5 Å². The third kappa shape index (κ3) is 4.42. The molecule has 1 heterocycles. The van der Waals surface area contributed by atoms with E-state index in [2.05, 4.69) is 9.72 Å². The van der Waals surface area contributed by atoms with Crippen LogP contribution in [0.4, 0.5) is 0 Å². The fourth-order valence-electron chi connectivity index (χ4n) is 2.12. The molecule has 0 aliphatic carbocycles. The number of carbonyl (C=O) groups excluding carboxylic acids is 2. The number of rotatable bonds is 6. The van der Waals surface area contributed by atoms with E-state index in [1.807, 2.05) is 44.2 Å². The molecular formula is C17H20N2O4. The number of oxazole rings is 1. The predicted molar refractivity (Wildman–Crippen MR) is 84.5 cm³/mol. The van der Waals surface area contributed by atoms with Gasteiger partial charge < -0.3 is 14.1 Å². The number of methoxy groups -OCH3 is 1. The molecule has 0 fully saturated rings. The molecule has 1 aromatic heterocycles. The number of carbonyl (C=O) groups is 2. The zero-order valence-electron chi connectivity index (χ0n) is 13.5. The van der Waals surface area contributed by atoms with Crippen molar-refractivity contribution in [2.45, 2.75) is 26.3 Å². The van der Waals surface area contributed by atoms with Crippen molar-refractivity contribution in [2.75, 3.05) is 13.7 Å². The van der Waals surface area contributed by atoms with Gasteiger partial charge in [-0.3, -0.25) is 9.59 Å². The van der Waals surface area contributed by atoms with Crippen molar-refractivity contribution in [3.05, 3.63) is 42.3 Å². The van der Waals surface area contributed by atoms with Crippen molar-refractivity contribution in [1.29, 1.82) is 0 Å². The van der Waals surface area contributed by atoms with E-state index < -0.39 is 5.97 Å². The lowest BCUT2D eigenvalue weighted by atomic mass is 10.2. The maximum Gasteiger partial charge on any atom is 0.325 e. The van der Waals surface area contributed by atoms with E-state index >= 15 is 0 Å². The fourth-order valence-corrected chi connectivity index (χ4v) is 2.12. The summed E-state index contributed by atoms with van der Waals surface area (Å²) in [5.41, 5.74) is 1.38. The number of amides is 1. The number of nitrogens with zero attached hydrogens (tertiary/aromatic N) is 2. The molecule has 2 aromatic rings. The van der Waals surface area contributed by atoms with E-state index in [9.17, 15) is 9.59 Å². The highest BCUT2D eigenvalue weighted by Crippen LogP contribution is 2.18. The number of aromatic nitrogens is 1. The van der Waals surface area contributed by atoms with Crippen molar-refractivity contribution in [1.82, 2.24) is 9.88 Å². The Morgan fingerprint density at radius 1 is 1.26 bits per heavy atom. The lowest BCUT2D eigenvalue weighted by molar-refractivity contribution is -0.148. The van der Waals surface area contributed by atoms with Gasteiger partial charge in [0.1, 0.15) is 12.8 Å². The number of hydrogen-bond acceptors (Lipinski definition) is 5. The highest BCUT2D eigenvalue weighted by atomic mass is 16.5. The minimum atomic E-state index is -0.447. The zero-order chi connectivity index (χ0) is 16.8. The van der Waals surface area contributed by atoms with E-state index in [1.165, 1.54) is 18.3 Å². The highest BCUT2D eigenvalue weighted by molar-refractivity contribution is 5.83. The second-order valence-electron chi connectivity index (χ2n) is 5.38. The van der Waals surface area contributed by atoms with Gasteiger partial charge in [0.05, 0.1) is 19.2 Å². The lowest BCUT2D eigenvalue weighted by Crippen LogP contribution is -2.41. The van der Waals surface area contributed by atoms with Crippen molar-refractivity contribution >= 4 is 11.9 Å². The average Bonchev–Trinajstić information content (AvgIpc) is 3.01. The highest BCUT2D eigenvalue weighted by Gasteiger charge is 2.22. The topological polar surface area (TPSA) is 72.6 Å². The SMILES string of the molecule is COC(=O)CN(C(=O)Cc1coc(-c2ccccc2)n1)C(C)C. The summed E-state index contributed by atoms with van der Waals surface area (Å²) in [4.78, 5) is 29.6. The van der Waals surface area contributed by atoms with E-state index in [0.717, 1.165) is 5.56 Å². The van der Waals surface area contributed by atoms with Crippen LogP contribution in [0.3, 0.4) is 0 Å². The van der Waals surface area contributed by atoms with Gasteiger partial charge in [0.2, 0.25) is 11.8 Å². The summed E-state index contributed by atoms with van der Waals surface area (Å²) in [6.07, 6.45) is 1.54. The van der Waals surface area contributed by atoms with Crippen LogP contribution in [-0.2, 0) is 20.7 Å². The molecule has 6 heteroatoms. The van der Waals surface area contributed by atoms with Crippen molar-refractivity contribution < 1.29 is 18.7 Å². The molecule has 2 rings (SSSR count). The van der Waals surface area contributed by atoms with Gasteiger partial charge in [-0.2, -0.15) is 0 Å². The molecule has 1 amide bonds. The Balaban J connectivity index is 2.07. The van der Waals surface area contributed by atoms with Gasteiger partial charge in [-0.15, -0.1) is 0 Å². The first-order valence-electron chi connectivity index (χ1n) is 7.37. The molecule has 0 unspecified atom stereocenters. The normalized spacial score (nSPS) is 10.6. The Labute approximate surface area is 135 Å². The van der Waals surface area contributed by atoms with E-state index in [-0.39, 0.29) is 24.9 Å². The van der Waals surface area contributed by atoms with E-state index in [0.29, 0.717) is 11.6 Å². The largest absolute Gasteiger partial charge is 0.468 e. The molecule has 0 saturated carbocycles. The maximum atomic E-state index is 12.4. The van der Waals surface area contributed by atoms with Gasteiger partial charge in [0, 0.05) is 11.6 Å². The predicted octanol–water partition coefficient (Wildman–Crippen LogP) is 2.29. The summed E-state index contributed by atoms with van der Waals surface area (Å²) in [7, 11) is 1.30. The molecule has 0 bridgehead atoms. The van der Waals surface area contributed by atoms with Gasteiger partial charge >= 0.3 is 5.97 Å². The first-order chi connectivity index (χ1) is 11.0. The standard InChI is InChI=1S/C17H20N2O4/c1-12(2)19(10-16(21)22-3)15(20)9-14-11-23-17(18-14)13-7-5-4-6-8-13/h4-8,11-12H,9-10H2,1-3H3. The number of hydrogen-bond donors (Lipinski definition) is 0. The Morgan fingerprint density at radius 3 is 2.57 bits per heavy atom. The second kappa shape index (κ2) is 7.58. The molecule has 1 aromatic carbocycles. The molecular weight excluding hydrogens is 296 g/mol. The Morgan fingerprint density at radius 2 is 1.96 bits per heavy atom. The summed E-state index contributed by atoms with van der Waals surface area (Å²) in [5.74, 6) is -0.173. The molecule has 6 nitrogen and oxygen atoms in total. The Kier molecular flexibility index (Phi) is 5.51. The number of ether oxygens (including phenoxy) is 1. The third-order valence-electron chi connectivity index (χ3n) is 3.38. The minimum absolute atomic E-state index is 0.0730. The smallest absolute Gasteiger partial charge is 0.325 e. The monoisotopic (exact) mass is 316 g/mol. The molecule has 0 aliphatic rings. The second-order valence-corrected chi connectivity index (χ2v) is 5.38. The van der Waals surface area contributed by atoms with Gasteiger partial charge in [0.15, 0.2) is 0 Å². The number of benzene rings is 1. The molecule has 0 radical (unpaired) electrons. The first-order valence-corrected chi connectivity index (χ1v) is 7.37. The molecule has 0 atom stereocenters. The van der Waals surface area contributed by atoms with Crippen LogP contribution >= 0.6 is 0 Å². The molecule has 0 N–H and O–H groups in total. The Hall–Kier alpha value is -2.63. The summed E-state index contributed by atoms with van der Waals surface area (Å²) in [6.45, 7) is 3.62. The van der Waals surface area contributed by atoms with Gasteiger partial charge in [-0.05, 0) is 26.0 Å². The van der Waals surface area contributed by atoms with Gasteiger partial charge in [-0.1, -0.05) is 18.2 Å². The van der Waals surface area contributed by atoms with Gasteiger partial charge in [-0.25, -0.2) is 4.98 Å². The van der Waals surface area contributed by atoms with Gasteiger partial charge in [0.25, 0.3) is 0 Å². The molecule has 0 saturated heterocycles. The molecule has 23 heavy (non-hydrogen) atoms. The first kappa shape index (κ1) is 16.7. The van der Waals surface area contributed by atoms with Crippen LogP contribution in [0.2, 0.25) is 0 Å². The zero-order valence-corrected chi connectivity index (χ0v) is 13.5. The quantitative estimate of drug-likeness (QED) is 0.765. The lowest BCUT2D eigenvalue weighted by Gasteiger charge is -2.25. The van der Waals surface area contributed by atoms with Crippen molar-refractivity contribution in [3.8, 4) is 11.5 Å². The minimum Gasteiger partial charge on any atom is -0.468 e. The van der Waals surface area contributed by atoms with Crippen LogP contribution in [-0.4, -0.2) is 41.5 Å². The summed E-state index contributed by atoms with van der Waals surface area (Å²) in [6, 6.07) is 9.35. The maximum absolute atomic E-state index is 12.4. The summed E-state index contributed by atoms with van der Waals surface area (Å²) < 4.78 is 10.0. The van der Waals surface area contributed by atoms with Crippen LogP contribution in [0.1, 0.15) is 19.5 Å². The molecule has 0 aliphatic heterocycles. The van der Waals surface area contributed by atoms with Crippen LogP contribution in [0.5, 0.6) is 0 Å². The summed E-state index contributed by atoms with van der Waals surface area (Å²) >= 11 is 0. The van der Waals surface area contributed by atoms with Crippen molar-refractivity contribution in [2.24, 2.45) is 0 Å². The molecule has 0 spiro atoms. The van der Waals surface area contributed by atoms with E-state index in [1.54, 1.807) is 0 Å². The Bertz CT molecular complexity index is 664. The third-order valence-corrected chi connectivity index (χ3v) is 3.38. The van der Waals surface area contributed by atoms with Crippen molar-refractivity contribution in [3.63, 3.8) is 0 Å². The van der Waals surface area contributed by atoms with Crippen LogP contribution < -0.4 is 0 Å².